The Morgan fingerprint density at radius 3 is 2.59 bits per heavy atom. The molecule has 1 heterocycles. The summed E-state index contributed by atoms with van der Waals surface area (Å²) >= 11 is 3.28. The van der Waals surface area contributed by atoms with Gasteiger partial charge in [0.15, 0.2) is 0 Å². The van der Waals surface area contributed by atoms with Crippen LogP contribution in [-0.2, 0) is 0 Å². The highest BCUT2D eigenvalue weighted by Crippen LogP contribution is 2.20. The molecule has 2 rings (SSSR count). The van der Waals surface area contributed by atoms with Crippen LogP contribution in [0.2, 0.25) is 0 Å². The van der Waals surface area contributed by atoms with Crippen LogP contribution in [0.1, 0.15) is 10.4 Å². The maximum absolute atomic E-state index is 13.1. The molecule has 0 N–H and O–H groups in total. The van der Waals surface area contributed by atoms with Crippen LogP contribution in [0.15, 0.2) is 22.7 Å². The molecule has 0 atom stereocenters. The van der Waals surface area contributed by atoms with Crippen molar-refractivity contribution in [2.75, 3.05) is 33.2 Å². The summed E-state index contributed by atoms with van der Waals surface area (Å²) in [7, 11) is 2.03. The van der Waals surface area contributed by atoms with Gasteiger partial charge in [-0.25, -0.2) is 4.39 Å². The van der Waals surface area contributed by atoms with Gasteiger partial charge < -0.3 is 9.80 Å². The van der Waals surface area contributed by atoms with Gasteiger partial charge in [0.05, 0.1) is 5.56 Å². The number of carbonyl (C=O) groups is 1. The van der Waals surface area contributed by atoms with Crippen molar-refractivity contribution in [2.24, 2.45) is 0 Å². The first-order chi connectivity index (χ1) is 8.08. The van der Waals surface area contributed by atoms with Crippen LogP contribution in [0.25, 0.3) is 0 Å². The predicted octanol–water partition coefficient (Wildman–Crippen LogP) is 1.98. The highest BCUT2D eigenvalue weighted by Gasteiger charge is 2.22. The Kier molecular flexibility index (Phi) is 3.79. The minimum atomic E-state index is -0.384. The molecule has 1 saturated heterocycles. The molecule has 1 fully saturated rings. The maximum atomic E-state index is 13.1. The van der Waals surface area contributed by atoms with Crippen LogP contribution in [0, 0.1) is 5.82 Å². The lowest BCUT2D eigenvalue weighted by atomic mass is 10.2. The number of benzene rings is 1. The first-order valence-electron chi connectivity index (χ1n) is 5.51. The van der Waals surface area contributed by atoms with Crippen molar-refractivity contribution in [1.29, 1.82) is 0 Å². The number of carbonyl (C=O) groups excluding carboxylic acids is 1. The Morgan fingerprint density at radius 2 is 1.94 bits per heavy atom. The van der Waals surface area contributed by atoms with E-state index in [1.165, 1.54) is 12.1 Å². The first kappa shape index (κ1) is 12.5. The summed E-state index contributed by atoms with van der Waals surface area (Å²) in [5.74, 6) is -0.491. The fourth-order valence-corrected chi connectivity index (χ4v) is 2.26. The van der Waals surface area contributed by atoms with E-state index in [-0.39, 0.29) is 11.7 Å². The van der Waals surface area contributed by atoms with Gasteiger partial charge in [-0.3, -0.25) is 4.79 Å². The van der Waals surface area contributed by atoms with Crippen molar-refractivity contribution in [2.45, 2.75) is 0 Å². The molecule has 3 nitrogen and oxygen atoms in total. The average molecular weight is 301 g/mol. The number of nitrogens with zero attached hydrogens (tertiary/aromatic N) is 2. The van der Waals surface area contributed by atoms with Crippen LogP contribution in [0.4, 0.5) is 4.39 Å². The molecule has 0 aromatic heterocycles. The second kappa shape index (κ2) is 5.14. The topological polar surface area (TPSA) is 23.6 Å². The number of hydrogen-bond acceptors (Lipinski definition) is 2. The van der Waals surface area contributed by atoms with E-state index in [0.29, 0.717) is 23.1 Å². The summed E-state index contributed by atoms with van der Waals surface area (Å²) in [4.78, 5) is 16.1. The van der Waals surface area contributed by atoms with Gasteiger partial charge in [-0.1, -0.05) is 0 Å². The second-order valence-electron chi connectivity index (χ2n) is 4.22. The van der Waals surface area contributed by atoms with Gasteiger partial charge in [-0.15, -0.1) is 0 Å². The lowest BCUT2D eigenvalue weighted by Crippen LogP contribution is -2.47. The molecule has 1 aromatic rings. The Bertz CT molecular complexity index is 431. The van der Waals surface area contributed by atoms with Crippen molar-refractivity contribution in [3.63, 3.8) is 0 Å². The Balaban J connectivity index is 2.16. The zero-order valence-electron chi connectivity index (χ0n) is 9.62. The van der Waals surface area contributed by atoms with Gasteiger partial charge in [0, 0.05) is 30.7 Å². The van der Waals surface area contributed by atoms with Gasteiger partial charge >= 0.3 is 0 Å². The van der Waals surface area contributed by atoms with Crippen molar-refractivity contribution in [1.82, 2.24) is 9.80 Å². The Labute approximate surface area is 108 Å². The molecule has 0 saturated carbocycles. The molecule has 1 amide bonds. The normalized spacial score (nSPS) is 17.2. The molecule has 0 aliphatic carbocycles. The number of likely N-dealkylation sites (N-methyl/N-ethyl adjacent to an activating group) is 1. The van der Waals surface area contributed by atoms with Crippen molar-refractivity contribution in [3.8, 4) is 0 Å². The summed E-state index contributed by atoms with van der Waals surface area (Å²) in [6.07, 6.45) is 0. The number of piperazine rings is 1. The van der Waals surface area contributed by atoms with Gasteiger partial charge in [0.2, 0.25) is 0 Å². The minimum Gasteiger partial charge on any atom is -0.336 e. The number of hydrogen-bond donors (Lipinski definition) is 0. The third kappa shape index (κ3) is 2.84. The molecular formula is C12H14BrFN2O. The fourth-order valence-electron chi connectivity index (χ4n) is 1.84. The standard InChI is InChI=1S/C12H14BrFN2O/c1-15-4-6-16(7-5-15)12(17)10-8-9(14)2-3-11(10)13/h2-3,8H,4-7H2,1H3. The van der Waals surface area contributed by atoms with Gasteiger partial charge in [-0.2, -0.15) is 0 Å². The predicted molar refractivity (Wildman–Crippen MR) is 67.5 cm³/mol. The van der Waals surface area contributed by atoms with E-state index in [0.717, 1.165) is 13.1 Å². The summed E-state index contributed by atoms with van der Waals surface area (Å²) in [5.41, 5.74) is 0.398. The summed E-state index contributed by atoms with van der Waals surface area (Å²) in [6, 6.07) is 4.19. The molecular weight excluding hydrogens is 287 g/mol. The van der Waals surface area contributed by atoms with Crippen molar-refractivity contribution >= 4 is 21.8 Å². The largest absolute Gasteiger partial charge is 0.336 e. The van der Waals surface area contributed by atoms with Crippen molar-refractivity contribution in [3.05, 3.63) is 34.1 Å². The monoisotopic (exact) mass is 300 g/mol. The molecule has 92 valence electrons. The lowest BCUT2D eigenvalue weighted by molar-refractivity contribution is 0.0662. The van der Waals surface area contributed by atoms with Crippen LogP contribution >= 0.6 is 15.9 Å². The van der Waals surface area contributed by atoms with Gasteiger partial charge in [-0.05, 0) is 41.2 Å². The van der Waals surface area contributed by atoms with E-state index < -0.39 is 0 Å². The molecule has 5 heteroatoms. The highest BCUT2D eigenvalue weighted by atomic mass is 79.9. The third-order valence-corrected chi connectivity index (χ3v) is 3.64. The summed E-state index contributed by atoms with van der Waals surface area (Å²) in [6.45, 7) is 3.11. The first-order valence-corrected chi connectivity index (χ1v) is 6.30. The van der Waals surface area contributed by atoms with E-state index in [9.17, 15) is 9.18 Å². The number of rotatable bonds is 1. The van der Waals surface area contributed by atoms with Gasteiger partial charge in [0.25, 0.3) is 5.91 Å². The quantitative estimate of drug-likeness (QED) is 0.792. The zero-order valence-corrected chi connectivity index (χ0v) is 11.2. The number of halogens is 2. The molecule has 0 radical (unpaired) electrons. The summed E-state index contributed by atoms with van der Waals surface area (Å²) in [5, 5.41) is 0. The van der Waals surface area contributed by atoms with Crippen LogP contribution in [-0.4, -0.2) is 48.9 Å². The molecule has 17 heavy (non-hydrogen) atoms. The van der Waals surface area contributed by atoms with Crippen LogP contribution in [0.3, 0.4) is 0 Å². The van der Waals surface area contributed by atoms with E-state index in [1.54, 1.807) is 11.0 Å². The van der Waals surface area contributed by atoms with Crippen LogP contribution in [0.5, 0.6) is 0 Å². The number of amides is 1. The molecule has 0 bridgehead atoms. The third-order valence-electron chi connectivity index (χ3n) is 2.95. The van der Waals surface area contributed by atoms with Gasteiger partial charge in [0.1, 0.15) is 5.82 Å². The van der Waals surface area contributed by atoms with E-state index in [4.69, 9.17) is 0 Å². The summed E-state index contributed by atoms with van der Waals surface area (Å²) < 4.78 is 13.8. The fraction of sp³-hybridized carbons (Fsp3) is 0.417. The van der Waals surface area contributed by atoms with E-state index >= 15 is 0 Å². The minimum absolute atomic E-state index is 0.107. The van der Waals surface area contributed by atoms with E-state index in [2.05, 4.69) is 20.8 Å². The van der Waals surface area contributed by atoms with Crippen LogP contribution < -0.4 is 0 Å². The molecule has 0 unspecified atom stereocenters. The smallest absolute Gasteiger partial charge is 0.255 e. The Hall–Kier alpha value is -0.940. The van der Waals surface area contributed by atoms with E-state index in [1.807, 2.05) is 7.05 Å². The second-order valence-corrected chi connectivity index (χ2v) is 5.07. The molecule has 1 aromatic carbocycles. The molecule has 1 aliphatic rings. The van der Waals surface area contributed by atoms with Crippen molar-refractivity contribution < 1.29 is 9.18 Å². The highest BCUT2D eigenvalue weighted by molar-refractivity contribution is 9.10. The lowest BCUT2D eigenvalue weighted by Gasteiger charge is -2.32. The Morgan fingerprint density at radius 1 is 1.29 bits per heavy atom. The molecule has 0 spiro atoms. The average Bonchev–Trinajstić information content (AvgIpc) is 2.32. The SMILES string of the molecule is CN1CCN(C(=O)c2cc(F)ccc2Br)CC1. The maximum Gasteiger partial charge on any atom is 0.255 e. The molecule has 1 aliphatic heterocycles. The zero-order chi connectivity index (χ0) is 12.4.